The lowest BCUT2D eigenvalue weighted by Gasteiger charge is -2.07. The van der Waals surface area contributed by atoms with Gasteiger partial charge < -0.3 is 10.1 Å². The van der Waals surface area contributed by atoms with E-state index in [1.807, 2.05) is 12.1 Å². The zero-order chi connectivity index (χ0) is 15.2. The van der Waals surface area contributed by atoms with Crippen LogP contribution < -0.4 is 5.32 Å². The minimum absolute atomic E-state index is 0.213. The Morgan fingerprint density at radius 3 is 2.52 bits per heavy atom. The van der Waals surface area contributed by atoms with Crippen LogP contribution in [-0.2, 0) is 4.74 Å². The highest BCUT2D eigenvalue weighted by atomic mass is 127. The van der Waals surface area contributed by atoms with E-state index in [0.717, 1.165) is 3.57 Å². The van der Waals surface area contributed by atoms with Crippen molar-refractivity contribution >= 4 is 40.2 Å². The van der Waals surface area contributed by atoms with Crippen molar-refractivity contribution in [3.63, 3.8) is 0 Å². The lowest BCUT2D eigenvalue weighted by molar-refractivity contribution is 0.0526. The summed E-state index contributed by atoms with van der Waals surface area (Å²) in [4.78, 5) is 23.8. The Balaban J connectivity index is 2.14. The van der Waals surface area contributed by atoms with Crippen molar-refractivity contribution in [2.24, 2.45) is 0 Å². The maximum atomic E-state index is 12.1. The minimum Gasteiger partial charge on any atom is -0.462 e. The molecule has 4 nitrogen and oxygen atoms in total. The summed E-state index contributed by atoms with van der Waals surface area (Å²) in [5.74, 6) is -0.614. The Morgan fingerprint density at radius 2 is 1.81 bits per heavy atom. The Morgan fingerprint density at radius 1 is 1.10 bits per heavy atom. The molecule has 5 heteroatoms. The van der Waals surface area contributed by atoms with Gasteiger partial charge in [0.05, 0.1) is 12.2 Å². The predicted octanol–water partition coefficient (Wildman–Crippen LogP) is 3.72. The van der Waals surface area contributed by atoms with E-state index in [-0.39, 0.29) is 5.91 Å². The van der Waals surface area contributed by atoms with E-state index in [9.17, 15) is 9.59 Å². The van der Waals surface area contributed by atoms with Gasteiger partial charge in [0, 0.05) is 14.8 Å². The van der Waals surface area contributed by atoms with Crippen molar-refractivity contribution in [2.75, 3.05) is 11.9 Å². The van der Waals surface area contributed by atoms with Crippen LogP contribution in [0.15, 0.2) is 48.5 Å². The lowest BCUT2D eigenvalue weighted by atomic mass is 10.1. The number of benzene rings is 2. The molecule has 0 saturated carbocycles. The summed E-state index contributed by atoms with van der Waals surface area (Å²) in [6.45, 7) is 2.07. The summed E-state index contributed by atoms with van der Waals surface area (Å²) < 4.78 is 5.92. The van der Waals surface area contributed by atoms with E-state index >= 15 is 0 Å². The largest absolute Gasteiger partial charge is 0.462 e. The highest BCUT2D eigenvalue weighted by Crippen LogP contribution is 2.14. The molecule has 1 amide bonds. The quantitative estimate of drug-likeness (QED) is 0.634. The molecule has 0 aromatic heterocycles. The van der Waals surface area contributed by atoms with Crippen molar-refractivity contribution in [1.29, 1.82) is 0 Å². The Hall–Kier alpha value is -1.89. The van der Waals surface area contributed by atoms with Gasteiger partial charge in [-0.05, 0) is 65.9 Å². The first kappa shape index (κ1) is 15.5. The van der Waals surface area contributed by atoms with Crippen molar-refractivity contribution in [2.45, 2.75) is 6.92 Å². The normalized spacial score (nSPS) is 10.0. The number of hydrogen-bond acceptors (Lipinski definition) is 3. The smallest absolute Gasteiger partial charge is 0.338 e. The Labute approximate surface area is 136 Å². The van der Waals surface area contributed by atoms with Crippen LogP contribution in [0.25, 0.3) is 0 Å². The zero-order valence-electron chi connectivity index (χ0n) is 11.4. The van der Waals surface area contributed by atoms with Gasteiger partial charge in [-0.1, -0.05) is 12.1 Å². The summed E-state index contributed by atoms with van der Waals surface area (Å²) in [6.07, 6.45) is 0. The van der Waals surface area contributed by atoms with Gasteiger partial charge in [0.2, 0.25) is 0 Å². The van der Waals surface area contributed by atoms with Gasteiger partial charge in [-0.3, -0.25) is 4.79 Å². The van der Waals surface area contributed by atoms with Gasteiger partial charge in [0.15, 0.2) is 0 Å². The fourth-order valence-corrected chi connectivity index (χ4v) is 2.31. The van der Waals surface area contributed by atoms with Crippen LogP contribution in [0.3, 0.4) is 0 Å². The highest BCUT2D eigenvalue weighted by Gasteiger charge is 2.10. The average molecular weight is 395 g/mol. The fourth-order valence-electron chi connectivity index (χ4n) is 1.77. The van der Waals surface area contributed by atoms with E-state index in [2.05, 4.69) is 27.9 Å². The standard InChI is InChI=1S/C16H14INO3/c1-2-21-16(20)12-6-4-8-14(10-12)18-15(19)11-5-3-7-13(17)9-11/h3-10H,2H2,1H3,(H,18,19). The topological polar surface area (TPSA) is 55.4 Å². The van der Waals surface area contributed by atoms with E-state index in [0.29, 0.717) is 23.4 Å². The molecule has 0 aliphatic rings. The second kappa shape index (κ2) is 7.21. The fraction of sp³-hybridized carbons (Fsp3) is 0.125. The van der Waals surface area contributed by atoms with Crippen LogP contribution in [0, 0.1) is 3.57 Å². The van der Waals surface area contributed by atoms with Gasteiger partial charge >= 0.3 is 5.97 Å². The zero-order valence-corrected chi connectivity index (χ0v) is 13.6. The molecule has 0 heterocycles. The number of carbonyl (C=O) groups excluding carboxylic acids is 2. The van der Waals surface area contributed by atoms with Gasteiger partial charge in [0.1, 0.15) is 0 Å². The van der Waals surface area contributed by atoms with Crippen LogP contribution in [0.1, 0.15) is 27.6 Å². The van der Waals surface area contributed by atoms with Crippen LogP contribution in [0.4, 0.5) is 5.69 Å². The first-order valence-corrected chi connectivity index (χ1v) is 7.52. The molecule has 108 valence electrons. The maximum absolute atomic E-state index is 12.1. The molecule has 0 spiro atoms. The molecule has 0 aliphatic carbocycles. The van der Waals surface area contributed by atoms with Crippen molar-refractivity contribution in [3.05, 3.63) is 63.2 Å². The number of amides is 1. The second-order valence-electron chi connectivity index (χ2n) is 4.27. The monoisotopic (exact) mass is 395 g/mol. The molecule has 21 heavy (non-hydrogen) atoms. The number of nitrogens with one attached hydrogen (secondary N) is 1. The molecule has 0 bridgehead atoms. The summed E-state index contributed by atoms with van der Waals surface area (Å²) in [5, 5.41) is 2.77. The van der Waals surface area contributed by atoms with Crippen molar-refractivity contribution in [3.8, 4) is 0 Å². The summed E-state index contributed by atoms with van der Waals surface area (Å²) >= 11 is 2.15. The summed E-state index contributed by atoms with van der Waals surface area (Å²) in [7, 11) is 0. The van der Waals surface area contributed by atoms with Gasteiger partial charge in [-0.15, -0.1) is 0 Å². The molecule has 2 rings (SSSR count). The molecule has 0 radical (unpaired) electrons. The van der Waals surface area contributed by atoms with Crippen LogP contribution >= 0.6 is 22.6 Å². The molecule has 0 saturated heterocycles. The first-order valence-electron chi connectivity index (χ1n) is 6.44. The van der Waals surface area contributed by atoms with Crippen LogP contribution in [-0.4, -0.2) is 18.5 Å². The lowest BCUT2D eigenvalue weighted by Crippen LogP contribution is -2.13. The number of esters is 1. The molecule has 1 N–H and O–H groups in total. The van der Waals surface area contributed by atoms with E-state index in [1.165, 1.54) is 0 Å². The van der Waals surface area contributed by atoms with Gasteiger partial charge in [-0.2, -0.15) is 0 Å². The van der Waals surface area contributed by atoms with Crippen LogP contribution in [0.2, 0.25) is 0 Å². The highest BCUT2D eigenvalue weighted by molar-refractivity contribution is 14.1. The number of carbonyl (C=O) groups is 2. The van der Waals surface area contributed by atoms with E-state index < -0.39 is 5.97 Å². The third-order valence-electron chi connectivity index (χ3n) is 2.72. The average Bonchev–Trinajstić information content (AvgIpc) is 2.48. The Bertz CT molecular complexity index is 670. The molecule has 0 atom stereocenters. The number of halogens is 1. The molecule has 2 aromatic carbocycles. The number of rotatable bonds is 4. The first-order chi connectivity index (χ1) is 10.1. The van der Waals surface area contributed by atoms with Gasteiger partial charge in [-0.25, -0.2) is 4.79 Å². The third-order valence-corrected chi connectivity index (χ3v) is 3.39. The molecule has 0 unspecified atom stereocenters. The minimum atomic E-state index is -0.400. The number of anilines is 1. The van der Waals surface area contributed by atoms with Crippen LogP contribution in [0.5, 0.6) is 0 Å². The second-order valence-corrected chi connectivity index (χ2v) is 5.51. The number of ether oxygens (including phenoxy) is 1. The third kappa shape index (κ3) is 4.29. The molecule has 2 aromatic rings. The summed E-state index contributed by atoms with van der Waals surface area (Å²) in [6, 6.07) is 14.0. The molecular formula is C16H14INO3. The summed E-state index contributed by atoms with van der Waals surface area (Å²) in [5.41, 5.74) is 1.55. The molecule has 0 fully saturated rings. The van der Waals surface area contributed by atoms with E-state index in [4.69, 9.17) is 4.74 Å². The molecule has 0 aliphatic heterocycles. The van der Waals surface area contributed by atoms with Crippen molar-refractivity contribution in [1.82, 2.24) is 0 Å². The van der Waals surface area contributed by atoms with Crippen molar-refractivity contribution < 1.29 is 14.3 Å². The predicted molar refractivity (Wildman–Crippen MR) is 89.5 cm³/mol. The molecular weight excluding hydrogens is 381 g/mol. The SMILES string of the molecule is CCOC(=O)c1cccc(NC(=O)c2cccc(I)c2)c1. The van der Waals surface area contributed by atoms with Gasteiger partial charge in [0.25, 0.3) is 5.91 Å². The number of hydrogen-bond donors (Lipinski definition) is 1. The van der Waals surface area contributed by atoms with E-state index in [1.54, 1.807) is 43.3 Å². The Kier molecular flexibility index (Phi) is 5.32. The maximum Gasteiger partial charge on any atom is 0.338 e.